The Kier molecular flexibility index (Phi) is 4.71. The molecule has 0 aliphatic carbocycles. The van der Waals surface area contributed by atoms with Crippen molar-refractivity contribution in [1.82, 2.24) is 15.0 Å². The van der Waals surface area contributed by atoms with Crippen molar-refractivity contribution in [3.8, 4) is 0 Å². The first-order valence-electron chi connectivity index (χ1n) is 5.35. The highest BCUT2D eigenvalue weighted by Crippen LogP contribution is 2.12. The second-order valence-electron chi connectivity index (χ2n) is 3.81. The van der Waals surface area contributed by atoms with E-state index in [1.807, 2.05) is 13.1 Å². The third-order valence-electron chi connectivity index (χ3n) is 2.38. The summed E-state index contributed by atoms with van der Waals surface area (Å²) in [4.78, 5) is 0. The van der Waals surface area contributed by atoms with Gasteiger partial charge in [-0.2, -0.15) is 0 Å². The van der Waals surface area contributed by atoms with Crippen LogP contribution in [0.2, 0.25) is 0 Å². The van der Waals surface area contributed by atoms with Crippen LogP contribution in [0, 0.1) is 0 Å². The van der Waals surface area contributed by atoms with Gasteiger partial charge in [0, 0.05) is 7.11 Å². The van der Waals surface area contributed by atoms with Gasteiger partial charge in [-0.05, 0) is 13.3 Å². The van der Waals surface area contributed by atoms with Crippen molar-refractivity contribution in [2.24, 2.45) is 5.73 Å². The van der Waals surface area contributed by atoms with Crippen LogP contribution < -0.4 is 5.73 Å². The van der Waals surface area contributed by atoms with Crippen LogP contribution in [0.5, 0.6) is 0 Å². The zero-order valence-corrected chi connectivity index (χ0v) is 9.68. The second-order valence-corrected chi connectivity index (χ2v) is 3.81. The molecule has 0 saturated carbocycles. The molecule has 0 spiro atoms. The average molecular weight is 212 g/mol. The van der Waals surface area contributed by atoms with Gasteiger partial charge in [-0.3, -0.25) is 0 Å². The van der Waals surface area contributed by atoms with Gasteiger partial charge in [-0.25, -0.2) is 4.68 Å². The summed E-state index contributed by atoms with van der Waals surface area (Å²) in [7, 11) is 1.69. The molecular weight excluding hydrogens is 192 g/mol. The van der Waals surface area contributed by atoms with Crippen LogP contribution in [0.25, 0.3) is 0 Å². The molecule has 0 amide bonds. The molecule has 0 aliphatic rings. The first kappa shape index (κ1) is 12.1. The van der Waals surface area contributed by atoms with Crippen LogP contribution in [0.3, 0.4) is 0 Å². The predicted molar refractivity (Wildman–Crippen MR) is 58.3 cm³/mol. The minimum Gasteiger partial charge on any atom is -0.380 e. The van der Waals surface area contributed by atoms with E-state index in [0.717, 1.165) is 18.5 Å². The molecule has 1 heterocycles. The molecule has 1 rings (SSSR count). The molecule has 0 bridgehead atoms. The molecule has 15 heavy (non-hydrogen) atoms. The van der Waals surface area contributed by atoms with Crippen LogP contribution >= 0.6 is 0 Å². The Morgan fingerprint density at radius 1 is 1.60 bits per heavy atom. The number of nitrogens with two attached hydrogens (primary N) is 1. The minimum absolute atomic E-state index is 0.00148. The maximum atomic E-state index is 5.94. The topological polar surface area (TPSA) is 66.0 Å². The van der Waals surface area contributed by atoms with E-state index in [1.54, 1.807) is 11.8 Å². The lowest BCUT2D eigenvalue weighted by Gasteiger charge is -2.08. The molecule has 86 valence electrons. The van der Waals surface area contributed by atoms with E-state index in [9.17, 15) is 0 Å². The van der Waals surface area contributed by atoms with Crippen molar-refractivity contribution < 1.29 is 4.74 Å². The van der Waals surface area contributed by atoms with Crippen molar-refractivity contribution in [2.45, 2.75) is 45.4 Å². The van der Waals surface area contributed by atoms with Crippen LogP contribution in [-0.4, -0.2) is 28.2 Å². The third-order valence-corrected chi connectivity index (χ3v) is 2.38. The number of hydrogen-bond acceptors (Lipinski definition) is 4. The Morgan fingerprint density at radius 2 is 2.33 bits per heavy atom. The molecule has 5 heteroatoms. The highest BCUT2D eigenvalue weighted by atomic mass is 16.5. The first-order chi connectivity index (χ1) is 7.17. The van der Waals surface area contributed by atoms with Gasteiger partial charge in [0.05, 0.1) is 30.6 Å². The lowest BCUT2D eigenvalue weighted by molar-refractivity contribution is 0.0993. The van der Waals surface area contributed by atoms with E-state index >= 15 is 0 Å². The van der Waals surface area contributed by atoms with Crippen molar-refractivity contribution in [3.05, 3.63) is 11.9 Å². The smallest absolute Gasteiger partial charge is 0.0994 e. The van der Waals surface area contributed by atoms with E-state index in [2.05, 4.69) is 17.2 Å². The Bertz CT molecular complexity index is 287. The summed E-state index contributed by atoms with van der Waals surface area (Å²) in [6.45, 7) is 4.81. The molecule has 2 atom stereocenters. The van der Waals surface area contributed by atoms with Crippen LogP contribution in [0.15, 0.2) is 6.20 Å². The standard InChI is InChI=1S/C10H20N4O/c1-4-5-9(11)10-7-14(13-12-10)6-8(2)15-3/h7-9H,4-6,11H2,1-3H3. The molecule has 1 aromatic rings. The molecular formula is C10H20N4O. The van der Waals surface area contributed by atoms with Crippen LogP contribution in [-0.2, 0) is 11.3 Å². The number of methoxy groups -OCH3 is 1. The average Bonchev–Trinajstić information content (AvgIpc) is 2.66. The molecule has 0 aromatic carbocycles. The quantitative estimate of drug-likeness (QED) is 0.767. The number of nitrogens with zero attached hydrogens (tertiary/aromatic N) is 3. The maximum absolute atomic E-state index is 5.94. The van der Waals surface area contributed by atoms with E-state index in [4.69, 9.17) is 10.5 Å². The Morgan fingerprint density at radius 3 is 2.93 bits per heavy atom. The molecule has 2 unspecified atom stereocenters. The van der Waals surface area contributed by atoms with Gasteiger partial charge in [0.1, 0.15) is 0 Å². The maximum Gasteiger partial charge on any atom is 0.0994 e. The highest BCUT2D eigenvalue weighted by Gasteiger charge is 2.10. The van der Waals surface area contributed by atoms with Gasteiger partial charge < -0.3 is 10.5 Å². The van der Waals surface area contributed by atoms with Gasteiger partial charge in [0.15, 0.2) is 0 Å². The van der Waals surface area contributed by atoms with Crippen molar-refractivity contribution >= 4 is 0 Å². The van der Waals surface area contributed by atoms with E-state index in [0.29, 0.717) is 6.54 Å². The van der Waals surface area contributed by atoms with E-state index < -0.39 is 0 Å². The molecule has 0 radical (unpaired) electrons. The van der Waals surface area contributed by atoms with Crippen molar-refractivity contribution in [1.29, 1.82) is 0 Å². The molecule has 0 fully saturated rings. The number of rotatable bonds is 6. The summed E-state index contributed by atoms with van der Waals surface area (Å²) >= 11 is 0. The highest BCUT2D eigenvalue weighted by molar-refractivity contribution is 4.99. The van der Waals surface area contributed by atoms with E-state index in [1.165, 1.54) is 0 Å². The lowest BCUT2D eigenvalue weighted by atomic mass is 10.1. The fourth-order valence-corrected chi connectivity index (χ4v) is 1.37. The van der Waals surface area contributed by atoms with Crippen molar-refractivity contribution in [2.75, 3.05) is 7.11 Å². The first-order valence-corrected chi connectivity index (χ1v) is 5.35. The molecule has 0 aliphatic heterocycles. The second kappa shape index (κ2) is 5.82. The number of aromatic nitrogens is 3. The zero-order chi connectivity index (χ0) is 11.3. The summed E-state index contributed by atoms with van der Waals surface area (Å²) in [6.07, 6.45) is 4.04. The fraction of sp³-hybridized carbons (Fsp3) is 0.800. The SMILES string of the molecule is CCCC(N)c1cn(CC(C)OC)nn1. The van der Waals surface area contributed by atoms with Gasteiger partial charge in [0.25, 0.3) is 0 Å². The summed E-state index contributed by atoms with van der Waals surface area (Å²) < 4.78 is 6.93. The van der Waals surface area contributed by atoms with Gasteiger partial charge >= 0.3 is 0 Å². The summed E-state index contributed by atoms with van der Waals surface area (Å²) in [5.74, 6) is 0. The Hall–Kier alpha value is -0.940. The van der Waals surface area contributed by atoms with E-state index in [-0.39, 0.29) is 12.1 Å². The van der Waals surface area contributed by atoms with Gasteiger partial charge in [-0.1, -0.05) is 18.6 Å². The number of hydrogen-bond donors (Lipinski definition) is 1. The summed E-state index contributed by atoms with van der Waals surface area (Å²) in [6, 6.07) is 0.00148. The Labute approximate surface area is 90.6 Å². The van der Waals surface area contributed by atoms with Crippen LogP contribution in [0.1, 0.15) is 38.4 Å². The Balaban J connectivity index is 2.55. The summed E-state index contributed by atoms with van der Waals surface area (Å²) in [5.41, 5.74) is 6.80. The predicted octanol–water partition coefficient (Wildman–Crippen LogP) is 1.11. The molecule has 0 saturated heterocycles. The van der Waals surface area contributed by atoms with Crippen molar-refractivity contribution in [3.63, 3.8) is 0 Å². The lowest BCUT2D eigenvalue weighted by Crippen LogP contribution is -2.15. The molecule has 5 nitrogen and oxygen atoms in total. The van der Waals surface area contributed by atoms with Crippen LogP contribution in [0.4, 0.5) is 0 Å². The monoisotopic (exact) mass is 212 g/mol. The van der Waals surface area contributed by atoms with Gasteiger partial charge in [0.2, 0.25) is 0 Å². The number of ether oxygens (including phenoxy) is 1. The molecule has 1 aromatic heterocycles. The minimum atomic E-state index is 0.00148. The van der Waals surface area contributed by atoms with Gasteiger partial charge in [-0.15, -0.1) is 5.10 Å². The largest absolute Gasteiger partial charge is 0.380 e. The fourth-order valence-electron chi connectivity index (χ4n) is 1.37. The summed E-state index contributed by atoms with van der Waals surface area (Å²) in [5, 5.41) is 8.07. The molecule has 2 N–H and O–H groups in total. The third kappa shape index (κ3) is 3.60. The normalized spacial score (nSPS) is 15.2. The zero-order valence-electron chi connectivity index (χ0n) is 9.68.